The van der Waals surface area contributed by atoms with Crippen molar-refractivity contribution in [2.45, 2.75) is 23.2 Å². The van der Waals surface area contributed by atoms with Gasteiger partial charge in [0.2, 0.25) is 0 Å². The second-order valence-electron chi connectivity index (χ2n) is 6.94. The highest BCUT2D eigenvalue weighted by atomic mass is 35.5. The number of benzene rings is 2. The minimum absolute atomic E-state index is 0.0944. The SMILES string of the molecule is CS(=O)(=O)c1cc([N+](=O)[O-])ccc1NCC1(c2ccccc2Cl)CCOCC1. The molecule has 1 heterocycles. The highest BCUT2D eigenvalue weighted by molar-refractivity contribution is 7.90. The molecule has 0 aliphatic carbocycles. The number of nitro benzene ring substituents is 1. The van der Waals surface area contributed by atoms with Gasteiger partial charge in [-0.15, -0.1) is 0 Å². The zero-order valence-corrected chi connectivity index (χ0v) is 16.9. The molecule has 150 valence electrons. The quantitative estimate of drug-likeness (QED) is 0.559. The van der Waals surface area contributed by atoms with Crippen LogP contribution < -0.4 is 5.32 Å². The maximum Gasteiger partial charge on any atom is 0.270 e. The Labute approximate surface area is 168 Å². The van der Waals surface area contributed by atoms with Crippen molar-refractivity contribution in [1.82, 2.24) is 0 Å². The minimum Gasteiger partial charge on any atom is -0.383 e. The predicted octanol–water partition coefficient (Wildman–Crippen LogP) is 3.81. The van der Waals surface area contributed by atoms with Crippen molar-refractivity contribution in [3.05, 3.63) is 63.2 Å². The molecule has 0 radical (unpaired) electrons. The van der Waals surface area contributed by atoms with Gasteiger partial charge < -0.3 is 10.1 Å². The van der Waals surface area contributed by atoms with Gasteiger partial charge in [0.05, 0.1) is 15.5 Å². The molecule has 0 unspecified atom stereocenters. The number of ether oxygens (including phenoxy) is 1. The van der Waals surface area contributed by atoms with E-state index < -0.39 is 14.8 Å². The molecule has 0 amide bonds. The molecule has 0 bridgehead atoms. The molecule has 0 spiro atoms. The van der Waals surface area contributed by atoms with Crippen LogP contribution in [-0.2, 0) is 20.0 Å². The van der Waals surface area contributed by atoms with Crippen LogP contribution in [0.3, 0.4) is 0 Å². The Morgan fingerprint density at radius 3 is 2.50 bits per heavy atom. The first-order valence-electron chi connectivity index (χ1n) is 8.78. The Bertz CT molecular complexity index is 988. The Kier molecular flexibility index (Phi) is 5.92. The number of sulfone groups is 1. The second kappa shape index (κ2) is 8.06. The third-order valence-corrected chi connectivity index (χ3v) is 6.55. The molecule has 0 atom stereocenters. The zero-order chi connectivity index (χ0) is 20.4. The van der Waals surface area contributed by atoms with E-state index in [0.29, 0.717) is 30.5 Å². The van der Waals surface area contributed by atoms with E-state index in [1.807, 2.05) is 24.3 Å². The van der Waals surface area contributed by atoms with Crippen LogP contribution in [0.25, 0.3) is 0 Å². The lowest BCUT2D eigenvalue weighted by atomic mass is 9.74. The number of hydrogen-bond donors (Lipinski definition) is 1. The maximum absolute atomic E-state index is 12.2. The van der Waals surface area contributed by atoms with Crippen LogP contribution in [0.1, 0.15) is 18.4 Å². The van der Waals surface area contributed by atoms with Crippen molar-refractivity contribution in [1.29, 1.82) is 0 Å². The Hall–Kier alpha value is -2.16. The number of halogens is 1. The van der Waals surface area contributed by atoms with Crippen molar-refractivity contribution in [2.24, 2.45) is 0 Å². The first-order valence-corrected chi connectivity index (χ1v) is 11.0. The van der Waals surface area contributed by atoms with Crippen molar-refractivity contribution >= 4 is 32.8 Å². The van der Waals surface area contributed by atoms with Gasteiger partial charge >= 0.3 is 0 Å². The van der Waals surface area contributed by atoms with Gasteiger partial charge in [0.1, 0.15) is 0 Å². The van der Waals surface area contributed by atoms with E-state index in [9.17, 15) is 18.5 Å². The maximum atomic E-state index is 12.2. The lowest BCUT2D eigenvalue weighted by molar-refractivity contribution is -0.385. The second-order valence-corrected chi connectivity index (χ2v) is 9.33. The number of anilines is 1. The predicted molar refractivity (Wildman–Crippen MR) is 108 cm³/mol. The van der Waals surface area contributed by atoms with Gasteiger partial charge in [-0.05, 0) is 30.5 Å². The van der Waals surface area contributed by atoms with Crippen LogP contribution in [0.5, 0.6) is 0 Å². The van der Waals surface area contributed by atoms with Gasteiger partial charge in [-0.3, -0.25) is 10.1 Å². The van der Waals surface area contributed by atoms with E-state index in [0.717, 1.165) is 30.7 Å². The van der Waals surface area contributed by atoms with Gasteiger partial charge in [-0.1, -0.05) is 29.8 Å². The van der Waals surface area contributed by atoms with Crippen LogP contribution in [0.4, 0.5) is 11.4 Å². The molecular formula is C19H21ClN2O5S. The van der Waals surface area contributed by atoms with Crippen molar-refractivity contribution in [2.75, 3.05) is 31.3 Å². The highest BCUT2D eigenvalue weighted by Gasteiger charge is 2.36. The number of rotatable bonds is 6. The van der Waals surface area contributed by atoms with Crippen molar-refractivity contribution < 1.29 is 18.1 Å². The molecule has 0 aromatic heterocycles. The highest BCUT2D eigenvalue weighted by Crippen LogP contribution is 2.39. The van der Waals surface area contributed by atoms with Crippen molar-refractivity contribution in [3.8, 4) is 0 Å². The monoisotopic (exact) mass is 424 g/mol. The van der Waals surface area contributed by atoms with Crippen LogP contribution in [-0.4, -0.2) is 39.4 Å². The van der Waals surface area contributed by atoms with Gasteiger partial charge in [-0.25, -0.2) is 8.42 Å². The fraction of sp³-hybridized carbons (Fsp3) is 0.368. The molecule has 2 aromatic rings. The lowest BCUT2D eigenvalue weighted by Crippen LogP contribution is -2.40. The number of nitro groups is 1. The number of nitrogens with zero attached hydrogens (tertiary/aromatic N) is 1. The van der Waals surface area contributed by atoms with Gasteiger partial charge in [0.25, 0.3) is 5.69 Å². The fourth-order valence-electron chi connectivity index (χ4n) is 3.54. The molecule has 2 aromatic carbocycles. The summed E-state index contributed by atoms with van der Waals surface area (Å²) in [4.78, 5) is 10.3. The van der Waals surface area contributed by atoms with E-state index >= 15 is 0 Å². The van der Waals surface area contributed by atoms with Crippen LogP contribution in [0.2, 0.25) is 5.02 Å². The van der Waals surface area contributed by atoms with Crippen LogP contribution in [0.15, 0.2) is 47.4 Å². The molecule has 28 heavy (non-hydrogen) atoms. The molecule has 0 saturated carbocycles. The summed E-state index contributed by atoms with van der Waals surface area (Å²) in [5.41, 5.74) is 0.729. The van der Waals surface area contributed by atoms with Crippen molar-refractivity contribution in [3.63, 3.8) is 0 Å². The summed E-state index contributed by atoms with van der Waals surface area (Å²) >= 11 is 6.45. The van der Waals surface area contributed by atoms with Gasteiger partial charge in [0.15, 0.2) is 9.84 Å². The normalized spacial score (nSPS) is 16.5. The summed E-state index contributed by atoms with van der Waals surface area (Å²) in [6.07, 6.45) is 2.49. The van der Waals surface area contributed by atoms with E-state index in [1.165, 1.54) is 12.1 Å². The first-order chi connectivity index (χ1) is 13.2. The van der Waals surface area contributed by atoms with E-state index in [1.54, 1.807) is 0 Å². The third kappa shape index (κ3) is 4.29. The third-order valence-electron chi connectivity index (χ3n) is 5.09. The molecule has 7 nitrogen and oxygen atoms in total. The molecular weight excluding hydrogens is 404 g/mol. The molecule has 1 aliphatic rings. The fourth-order valence-corrected chi connectivity index (χ4v) is 4.75. The van der Waals surface area contributed by atoms with E-state index in [-0.39, 0.29) is 16.0 Å². The molecule has 1 aliphatic heterocycles. The number of non-ortho nitro benzene ring substituents is 1. The molecule has 3 rings (SSSR count). The largest absolute Gasteiger partial charge is 0.383 e. The molecule has 9 heteroatoms. The Balaban J connectivity index is 1.97. The average Bonchev–Trinajstić information content (AvgIpc) is 2.66. The Morgan fingerprint density at radius 1 is 1.21 bits per heavy atom. The Morgan fingerprint density at radius 2 is 1.89 bits per heavy atom. The smallest absolute Gasteiger partial charge is 0.270 e. The standard InChI is InChI=1S/C19H21ClN2O5S/c1-28(25,26)18-12-14(22(23)24)6-7-17(18)21-13-19(8-10-27-11-9-19)15-4-2-3-5-16(15)20/h2-7,12,21H,8-11,13H2,1H3. The zero-order valence-electron chi connectivity index (χ0n) is 15.4. The summed E-state index contributed by atoms with van der Waals surface area (Å²) in [5.74, 6) is 0. The summed E-state index contributed by atoms with van der Waals surface area (Å²) in [6.45, 7) is 1.58. The van der Waals surface area contributed by atoms with Gasteiger partial charge in [-0.2, -0.15) is 0 Å². The average molecular weight is 425 g/mol. The van der Waals surface area contributed by atoms with Gasteiger partial charge in [0, 0.05) is 48.6 Å². The van der Waals surface area contributed by atoms with Crippen LogP contribution >= 0.6 is 11.6 Å². The summed E-state index contributed by atoms with van der Waals surface area (Å²) in [6, 6.07) is 11.4. The topological polar surface area (TPSA) is 98.5 Å². The number of hydrogen-bond acceptors (Lipinski definition) is 6. The van der Waals surface area contributed by atoms with E-state index in [4.69, 9.17) is 16.3 Å². The summed E-state index contributed by atoms with van der Waals surface area (Å²) in [5, 5.41) is 14.9. The minimum atomic E-state index is -3.65. The summed E-state index contributed by atoms with van der Waals surface area (Å²) < 4.78 is 29.9. The first kappa shape index (κ1) is 20.6. The molecule has 1 N–H and O–H groups in total. The van der Waals surface area contributed by atoms with E-state index in [2.05, 4.69) is 5.32 Å². The molecule has 1 saturated heterocycles. The molecule has 1 fully saturated rings. The summed E-state index contributed by atoms with van der Waals surface area (Å²) in [7, 11) is -3.65. The lowest BCUT2D eigenvalue weighted by Gasteiger charge is -2.39. The number of nitrogens with one attached hydrogen (secondary N) is 1. The van der Waals surface area contributed by atoms with Crippen LogP contribution in [0, 0.1) is 10.1 Å².